The van der Waals surface area contributed by atoms with Crippen LogP contribution in [0.5, 0.6) is 0 Å². The molecule has 1 atom stereocenters. The number of carbonyl (C=O) groups is 2. The summed E-state index contributed by atoms with van der Waals surface area (Å²) in [6.45, 7) is 6.57. The van der Waals surface area contributed by atoms with Gasteiger partial charge < -0.3 is 14.9 Å². The summed E-state index contributed by atoms with van der Waals surface area (Å²) in [6, 6.07) is -0.633. The zero-order valence-corrected chi connectivity index (χ0v) is 12.0. The largest absolute Gasteiger partial charge is 0.444 e. The van der Waals surface area contributed by atoms with E-state index in [2.05, 4.69) is 5.32 Å². The lowest BCUT2D eigenvalue weighted by atomic mass is 10.1. The number of piperazine rings is 1. The first-order valence-electron chi connectivity index (χ1n) is 6.62. The van der Waals surface area contributed by atoms with E-state index in [1.165, 1.54) is 4.90 Å². The van der Waals surface area contributed by atoms with Crippen LogP contribution in [0.3, 0.4) is 0 Å². The van der Waals surface area contributed by atoms with E-state index < -0.39 is 17.7 Å². The minimum absolute atomic E-state index is 0.210. The van der Waals surface area contributed by atoms with E-state index >= 15 is 0 Å². The number of amides is 2. The fourth-order valence-corrected chi connectivity index (χ4v) is 2.04. The van der Waals surface area contributed by atoms with E-state index in [0.717, 1.165) is 0 Å². The minimum Gasteiger partial charge on any atom is -0.444 e. The van der Waals surface area contributed by atoms with Gasteiger partial charge >= 0.3 is 6.09 Å². The van der Waals surface area contributed by atoms with Crippen LogP contribution in [0.4, 0.5) is 4.79 Å². The molecule has 0 spiro atoms. The van der Waals surface area contributed by atoms with Crippen LogP contribution >= 0.6 is 0 Å². The maximum Gasteiger partial charge on any atom is 0.411 e. The quantitative estimate of drug-likeness (QED) is 0.764. The zero-order valence-electron chi connectivity index (χ0n) is 12.0. The lowest BCUT2D eigenvalue weighted by Crippen LogP contribution is -2.58. The lowest BCUT2D eigenvalue weighted by Gasteiger charge is -2.35. The third kappa shape index (κ3) is 3.63. The van der Waals surface area contributed by atoms with Gasteiger partial charge in [0, 0.05) is 19.5 Å². The Morgan fingerprint density at radius 2 is 2.30 bits per heavy atom. The molecule has 0 aromatic heterocycles. The third-order valence-corrected chi connectivity index (χ3v) is 2.90. The van der Waals surface area contributed by atoms with Gasteiger partial charge in [-0.1, -0.05) is 0 Å². The van der Waals surface area contributed by atoms with Gasteiger partial charge in [-0.05, 0) is 26.8 Å². The van der Waals surface area contributed by atoms with E-state index in [-0.39, 0.29) is 12.3 Å². The second-order valence-corrected chi connectivity index (χ2v) is 5.72. The fourth-order valence-electron chi connectivity index (χ4n) is 2.04. The van der Waals surface area contributed by atoms with Crippen LogP contribution < -0.4 is 5.32 Å². The predicted molar refractivity (Wildman–Crippen MR) is 69.5 cm³/mol. The summed E-state index contributed by atoms with van der Waals surface area (Å²) in [5.41, 5.74) is -0.595. The van der Waals surface area contributed by atoms with Crippen molar-refractivity contribution in [1.82, 2.24) is 10.2 Å². The van der Waals surface area contributed by atoms with E-state index in [0.29, 0.717) is 25.5 Å². The molecule has 0 bridgehead atoms. The Kier molecular flexibility index (Phi) is 4.17. The summed E-state index contributed by atoms with van der Waals surface area (Å²) in [6.07, 6.45) is 1.54. The highest BCUT2D eigenvalue weighted by molar-refractivity contribution is 5.87. The molecule has 2 heterocycles. The van der Waals surface area contributed by atoms with Crippen molar-refractivity contribution in [2.24, 2.45) is 0 Å². The second kappa shape index (κ2) is 5.70. The number of hydrogen-bond donors (Lipinski definition) is 1. The van der Waals surface area contributed by atoms with Gasteiger partial charge in [-0.2, -0.15) is 4.89 Å². The molecule has 0 saturated carbocycles. The molecule has 7 heteroatoms. The summed E-state index contributed by atoms with van der Waals surface area (Å²) in [5.74, 6) is 0.346. The Bertz CT molecular complexity index is 427. The van der Waals surface area contributed by atoms with Crippen LogP contribution in [0.15, 0.2) is 11.8 Å². The number of hydrogen-bond acceptors (Lipinski definition) is 5. The van der Waals surface area contributed by atoms with Crippen LogP contribution in [-0.2, 0) is 19.3 Å². The van der Waals surface area contributed by atoms with E-state index in [4.69, 9.17) is 14.5 Å². The van der Waals surface area contributed by atoms with Crippen molar-refractivity contribution < 1.29 is 24.1 Å². The summed E-state index contributed by atoms with van der Waals surface area (Å²) in [4.78, 5) is 35.3. The number of rotatable bonds is 2. The Balaban J connectivity index is 2.07. The molecule has 0 aliphatic carbocycles. The summed E-state index contributed by atoms with van der Waals surface area (Å²) >= 11 is 0. The molecule has 1 N–H and O–H groups in total. The number of carbonyl (C=O) groups excluding carboxylic acids is 2. The Hall–Kier alpha value is -1.76. The van der Waals surface area contributed by atoms with Gasteiger partial charge in [0.1, 0.15) is 24.0 Å². The monoisotopic (exact) mass is 284 g/mol. The lowest BCUT2D eigenvalue weighted by molar-refractivity contribution is -0.236. The third-order valence-electron chi connectivity index (χ3n) is 2.90. The van der Waals surface area contributed by atoms with Crippen molar-refractivity contribution in [1.29, 1.82) is 0 Å². The van der Waals surface area contributed by atoms with Crippen LogP contribution in [-0.4, -0.2) is 48.2 Å². The number of nitrogens with one attached hydrogen (secondary N) is 1. The normalized spacial score (nSPS) is 22.9. The molecule has 1 saturated heterocycles. The van der Waals surface area contributed by atoms with Crippen LogP contribution in [0.1, 0.15) is 27.2 Å². The first kappa shape index (κ1) is 14.6. The van der Waals surface area contributed by atoms with Gasteiger partial charge in [-0.25, -0.2) is 4.79 Å². The molecule has 1 unspecified atom stereocenters. The molecular formula is C13H20N2O5. The fraction of sp³-hybridized carbons (Fsp3) is 0.692. The van der Waals surface area contributed by atoms with Gasteiger partial charge in [-0.15, -0.1) is 0 Å². The molecule has 0 aromatic carbocycles. The van der Waals surface area contributed by atoms with Crippen molar-refractivity contribution in [3.05, 3.63) is 11.8 Å². The molecule has 2 amide bonds. The van der Waals surface area contributed by atoms with Gasteiger partial charge in [-0.3, -0.25) is 9.69 Å². The molecule has 0 aromatic rings. The minimum atomic E-state index is -0.633. The highest BCUT2D eigenvalue weighted by Gasteiger charge is 2.37. The average molecular weight is 284 g/mol. The smallest absolute Gasteiger partial charge is 0.411 e. The van der Waals surface area contributed by atoms with Crippen LogP contribution in [0.25, 0.3) is 0 Å². The molecule has 20 heavy (non-hydrogen) atoms. The topological polar surface area (TPSA) is 77.1 Å². The zero-order chi connectivity index (χ0) is 14.8. The van der Waals surface area contributed by atoms with Crippen molar-refractivity contribution >= 4 is 12.0 Å². The van der Waals surface area contributed by atoms with Crippen molar-refractivity contribution in [3.63, 3.8) is 0 Å². The Labute approximate surface area is 117 Å². The van der Waals surface area contributed by atoms with E-state index in [1.807, 2.05) is 0 Å². The van der Waals surface area contributed by atoms with Crippen molar-refractivity contribution in [2.45, 2.75) is 38.8 Å². The van der Waals surface area contributed by atoms with Gasteiger partial charge in [0.15, 0.2) is 0 Å². The average Bonchev–Trinajstić information content (AvgIpc) is 2.82. The molecule has 112 valence electrons. The molecule has 1 fully saturated rings. The second-order valence-electron chi connectivity index (χ2n) is 5.72. The summed E-state index contributed by atoms with van der Waals surface area (Å²) in [5, 5.41) is 2.74. The first-order valence-corrected chi connectivity index (χ1v) is 6.62. The summed E-state index contributed by atoms with van der Waals surface area (Å²) < 4.78 is 5.34. The maximum atomic E-state index is 12.2. The Morgan fingerprint density at radius 1 is 1.55 bits per heavy atom. The highest BCUT2D eigenvalue weighted by atomic mass is 17.2. The highest BCUT2D eigenvalue weighted by Crippen LogP contribution is 2.21. The van der Waals surface area contributed by atoms with E-state index in [1.54, 1.807) is 26.8 Å². The van der Waals surface area contributed by atoms with Gasteiger partial charge in [0.2, 0.25) is 5.91 Å². The molecule has 0 radical (unpaired) electrons. The van der Waals surface area contributed by atoms with Crippen molar-refractivity contribution in [3.8, 4) is 0 Å². The maximum absolute atomic E-state index is 12.2. The van der Waals surface area contributed by atoms with E-state index in [9.17, 15) is 9.59 Å². The van der Waals surface area contributed by atoms with Crippen LogP contribution in [0, 0.1) is 0 Å². The predicted octanol–water partition coefficient (Wildman–Crippen LogP) is 0.958. The SMILES string of the molecule is CC(C)(C)OC(=O)N1CCNC(=O)C1CC1=CCOO1. The number of ether oxygens (including phenoxy) is 1. The van der Waals surface area contributed by atoms with Crippen molar-refractivity contribution in [2.75, 3.05) is 19.7 Å². The molecule has 2 aliphatic heterocycles. The van der Waals surface area contributed by atoms with Gasteiger partial charge in [0.05, 0.1) is 0 Å². The summed E-state index contributed by atoms with van der Waals surface area (Å²) in [7, 11) is 0. The van der Waals surface area contributed by atoms with Gasteiger partial charge in [0.25, 0.3) is 0 Å². The van der Waals surface area contributed by atoms with Crippen LogP contribution in [0.2, 0.25) is 0 Å². The standard InChI is InChI=1S/C13H20N2O5/c1-13(2,3)19-12(17)15-6-5-14-11(16)10(15)8-9-4-7-18-20-9/h4,10H,5-8H2,1-3H3,(H,14,16). The Morgan fingerprint density at radius 3 is 2.90 bits per heavy atom. The first-order chi connectivity index (χ1) is 9.37. The number of nitrogens with zero attached hydrogens (tertiary/aromatic N) is 1. The molecule has 7 nitrogen and oxygen atoms in total. The molecule has 2 aliphatic rings. The molecular weight excluding hydrogens is 264 g/mol. The molecule has 2 rings (SSSR count).